The van der Waals surface area contributed by atoms with Gasteiger partial charge in [-0.25, -0.2) is 4.98 Å². The van der Waals surface area contributed by atoms with Gasteiger partial charge in [0.15, 0.2) is 0 Å². The summed E-state index contributed by atoms with van der Waals surface area (Å²) in [5.74, 6) is 0.795. The normalized spacial score (nSPS) is 10.7. The van der Waals surface area contributed by atoms with E-state index in [0.29, 0.717) is 5.95 Å². The van der Waals surface area contributed by atoms with Gasteiger partial charge in [-0.15, -0.1) is 0 Å². The summed E-state index contributed by atoms with van der Waals surface area (Å²) in [6.45, 7) is 4.79. The number of hydrogen-bond donors (Lipinski definition) is 2. The zero-order valence-electron chi connectivity index (χ0n) is 11.3. The third-order valence-electron chi connectivity index (χ3n) is 2.90. The zero-order valence-corrected chi connectivity index (χ0v) is 11.3. The number of anilines is 1. The van der Waals surface area contributed by atoms with Gasteiger partial charge in [0, 0.05) is 12.6 Å². The van der Waals surface area contributed by atoms with Crippen LogP contribution in [-0.2, 0) is 6.42 Å². The highest BCUT2D eigenvalue weighted by Gasteiger charge is 2.04. The van der Waals surface area contributed by atoms with Gasteiger partial charge in [-0.3, -0.25) is 9.78 Å². The minimum Gasteiger partial charge on any atom is -0.355 e. The first kappa shape index (κ1) is 13.3. The lowest BCUT2D eigenvalue weighted by molar-refractivity contribution is 0.808. The van der Waals surface area contributed by atoms with E-state index < -0.39 is 0 Å². The fourth-order valence-electron chi connectivity index (χ4n) is 1.83. The van der Waals surface area contributed by atoms with Crippen LogP contribution in [0.25, 0.3) is 0 Å². The molecule has 2 aromatic rings. The molecule has 0 saturated carbocycles. The molecule has 1 aromatic heterocycles. The number of benzene rings is 1. The number of hydrogen-bond acceptors (Lipinski definition) is 3. The molecule has 4 nitrogen and oxygen atoms in total. The number of H-pyrrole nitrogens is 1. The number of rotatable bonds is 5. The topological polar surface area (TPSA) is 57.8 Å². The van der Waals surface area contributed by atoms with E-state index in [1.807, 2.05) is 32.0 Å². The minimum absolute atomic E-state index is 0.110. The largest absolute Gasteiger partial charge is 0.355 e. The summed E-state index contributed by atoms with van der Waals surface area (Å²) < 4.78 is 0. The van der Waals surface area contributed by atoms with Crippen molar-refractivity contribution in [2.75, 3.05) is 11.9 Å². The molecule has 2 N–H and O–H groups in total. The molecule has 0 bridgehead atoms. The Balaban J connectivity index is 1.98. The monoisotopic (exact) mass is 257 g/mol. The molecule has 0 spiro atoms. The first-order valence-electron chi connectivity index (χ1n) is 6.54. The molecular formula is C15H19N3O. The van der Waals surface area contributed by atoms with Crippen LogP contribution < -0.4 is 10.9 Å². The Bertz CT molecular complexity index is 575. The summed E-state index contributed by atoms with van der Waals surface area (Å²) in [7, 11) is 0. The van der Waals surface area contributed by atoms with Crippen molar-refractivity contribution in [2.24, 2.45) is 0 Å². The van der Waals surface area contributed by atoms with E-state index in [1.54, 1.807) is 6.07 Å². The quantitative estimate of drug-likeness (QED) is 0.865. The van der Waals surface area contributed by atoms with Gasteiger partial charge in [-0.2, -0.15) is 0 Å². The van der Waals surface area contributed by atoms with E-state index >= 15 is 0 Å². The molecule has 4 heteroatoms. The highest BCUT2D eigenvalue weighted by molar-refractivity contribution is 5.27. The summed E-state index contributed by atoms with van der Waals surface area (Å²) in [6.07, 6.45) is 0.899. The fraction of sp³-hybridized carbons (Fsp3) is 0.333. The summed E-state index contributed by atoms with van der Waals surface area (Å²) in [6, 6.07) is 11.8. The van der Waals surface area contributed by atoms with E-state index in [2.05, 4.69) is 27.4 Å². The van der Waals surface area contributed by atoms with Crippen LogP contribution in [0.1, 0.15) is 31.0 Å². The molecule has 100 valence electrons. The molecule has 1 heterocycles. The third kappa shape index (κ3) is 3.95. The van der Waals surface area contributed by atoms with E-state index in [4.69, 9.17) is 0 Å². The van der Waals surface area contributed by atoms with Gasteiger partial charge >= 0.3 is 0 Å². The van der Waals surface area contributed by atoms with Gasteiger partial charge in [0.05, 0.1) is 5.69 Å². The first-order valence-corrected chi connectivity index (χ1v) is 6.54. The Kier molecular flexibility index (Phi) is 4.34. The van der Waals surface area contributed by atoms with Gasteiger partial charge in [-0.05, 0) is 17.9 Å². The molecule has 0 aliphatic rings. The lowest BCUT2D eigenvalue weighted by Gasteiger charge is -2.08. The molecule has 19 heavy (non-hydrogen) atoms. The Labute approximate surface area is 112 Å². The van der Waals surface area contributed by atoms with E-state index in [-0.39, 0.29) is 11.5 Å². The maximum Gasteiger partial charge on any atom is 0.252 e. The molecule has 0 aliphatic heterocycles. The Morgan fingerprint density at radius 1 is 1.26 bits per heavy atom. The molecule has 2 rings (SSSR count). The van der Waals surface area contributed by atoms with Crippen LogP contribution in [0.15, 0.2) is 41.2 Å². The van der Waals surface area contributed by atoms with E-state index in [9.17, 15) is 4.79 Å². The molecular weight excluding hydrogens is 238 g/mol. The summed E-state index contributed by atoms with van der Waals surface area (Å²) >= 11 is 0. The number of nitrogens with zero attached hydrogens (tertiary/aromatic N) is 1. The lowest BCUT2D eigenvalue weighted by Crippen LogP contribution is -2.16. The third-order valence-corrected chi connectivity index (χ3v) is 2.90. The number of aromatic amines is 1. The molecule has 0 aliphatic carbocycles. The average molecular weight is 257 g/mol. The molecule has 0 fully saturated rings. The zero-order chi connectivity index (χ0) is 13.7. The molecule has 0 radical (unpaired) electrons. The van der Waals surface area contributed by atoms with Crippen molar-refractivity contribution in [2.45, 2.75) is 26.2 Å². The van der Waals surface area contributed by atoms with E-state index in [0.717, 1.165) is 18.7 Å². The van der Waals surface area contributed by atoms with Gasteiger partial charge in [0.1, 0.15) is 0 Å². The maximum atomic E-state index is 11.5. The molecule has 0 amide bonds. The van der Waals surface area contributed by atoms with Crippen molar-refractivity contribution >= 4 is 5.95 Å². The highest BCUT2D eigenvalue weighted by atomic mass is 16.1. The lowest BCUT2D eigenvalue weighted by atomic mass is 10.1. The molecule has 1 aromatic carbocycles. The van der Waals surface area contributed by atoms with Crippen LogP contribution >= 0.6 is 0 Å². The van der Waals surface area contributed by atoms with Crippen molar-refractivity contribution < 1.29 is 0 Å². The SMILES string of the molecule is CC(C)c1cc(=O)[nH]c(NCCc2ccccc2)n1. The van der Waals surface area contributed by atoms with E-state index in [1.165, 1.54) is 5.56 Å². The van der Waals surface area contributed by atoms with Crippen LogP contribution in [-0.4, -0.2) is 16.5 Å². The van der Waals surface area contributed by atoms with Crippen LogP contribution in [0.2, 0.25) is 0 Å². The smallest absolute Gasteiger partial charge is 0.252 e. The second kappa shape index (κ2) is 6.18. The van der Waals surface area contributed by atoms with Crippen LogP contribution in [0.5, 0.6) is 0 Å². The van der Waals surface area contributed by atoms with Crippen LogP contribution in [0.3, 0.4) is 0 Å². The average Bonchev–Trinajstić information content (AvgIpc) is 2.39. The minimum atomic E-state index is -0.110. The summed E-state index contributed by atoms with van der Waals surface area (Å²) in [5.41, 5.74) is 1.96. The van der Waals surface area contributed by atoms with Crippen molar-refractivity contribution in [1.82, 2.24) is 9.97 Å². The Hall–Kier alpha value is -2.10. The van der Waals surface area contributed by atoms with Crippen molar-refractivity contribution in [3.05, 3.63) is 58.0 Å². The Morgan fingerprint density at radius 2 is 2.00 bits per heavy atom. The number of nitrogens with one attached hydrogen (secondary N) is 2. The molecule has 0 saturated heterocycles. The molecule has 0 atom stereocenters. The van der Waals surface area contributed by atoms with Gasteiger partial charge in [0.2, 0.25) is 5.95 Å². The standard InChI is InChI=1S/C15H19N3O/c1-11(2)13-10-14(19)18-15(17-13)16-9-8-12-6-4-3-5-7-12/h3-7,10-11H,8-9H2,1-2H3,(H2,16,17,18,19). The van der Waals surface area contributed by atoms with Gasteiger partial charge in [0.25, 0.3) is 5.56 Å². The second-order valence-electron chi connectivity index (χ2n) is 4.84. The van der Waals surface area contributed by atoms with Crippen LogP contribution in [0, 0.1) is 0 Å². The van der Waals surface area contributed by atoms with Gasteiger partial charge in [-0.1, -0.05) is 44.2 Å². The first-order chi connectivity index (χ1) is 9.15. The second-order valence-corrected chi connectivity index (χ2v) is 4.84. The fourth-order valence-corrected chi connectivity index (χ4v) is 1.83. The van der Waals surface area contributed by atoms with Crippen molar-refractivity contribution in [1.29, 1.82) is 0 Å². The van der Waals surface area contributed by atoms with Crippen molar-refractivity contribution in [3.8, 4) is 0 Å². The summed E-state index contributed by atoms with van der Waals surface area (Å²) in [5, 5.41) is 3.16. The van der Waals surface area contributed by atoms with Crippen molar-refractivity contribution in [3.63, 3.8) is 0 Å². The van der Waals surface area contributed by atoms with Gasteiger partial charge < -0.3 is 5.32 Å². The highest BCUT2D eigenvalue weighted by Crippen LogP contribution is 2.10. The van der Waals surface area contributed by atoms with Crippen LogP contribution in [0.4, 0.5) is 5.95 Å². The maximum absolute atomic E-state index is 11.5. The number of aromatic nitrogens is 2. The predicted octanol–water partition coefficient (Wildman–Crippen LogP) is 2.55. The Morgan fingerprint density at radius 3 is 2.68 bits per heavy atom. The summed E-state index contributed by atoms with van der Waals surface area (Å²) in [4.78, 5) is 18.6. The predicted molar refractivity (Wildman–Crippen MR) is 77.6 cm³/mol. The molecule has 0 unspecified atom stereocenters.